The van der Waals surface area contributed by atoms with Crippen LogP contribution in [-0.4, -0.2) is 29.3 Å². The van der Waals surface area contributed by atoms with Crippen molar-refractivity contribution in [3.63, 3.8) is 0 Å². The van der Waals surface area contributed by atoms with E-state index in [4.69, 9.17) is 13.6 Å². The molecule has 0 heterocycles. The van der Waals surface area contributed by atoms with Crippen LogP contribution in [0.4, 0.5) is 0 Å². The molecule has 1 fully saturated rings. The van der Waals surface area contributed by atoms with Gasteiger partial charge in [0.25, 0.3) is 5.95 Å². The molecule has 1 aliphatic rings. The molecule has 1 rings (SSSR count). The highest BCUT2D eigenvalue weighted by Crippen LogP contribution is 2.44. The van der Waals surface area contributed by atoms with Crippen LogP contribution in [0.3, 0.4) is 0 Å². The monoisotopic (exact) mass is 400 g/mol. The van der Waals surface area contributed by atoms with Crippen LogP contribution in [0, 0.1) is 11.8 Å². The minimum absolute atomic E-state index is 0.134. The highest BCUT2D eigenvalue weighted by molar-refractivity contribution is 6.74. The Morgan fingerprint density at radius 3 is 2.08 bits per heavy atom. The Morgan fingerprint density at radius 1 is 1.08 bits per heavy atom. The first kappa shape index (κ1) is 23.8. The van der Waals surface area contributed by atoms with Gasteiger partial charge in [-0.1, -0.05) is 34.6 Å². The van der Waals surface area contributed by atoms with Gasteiger partial charge in [0, 0.05) is 5.57 Å². The second-order valence-electron chi connectivity index (χ2n) is 10.5. The van der Waals surface area contributed by atoms with Crippen molar-refractivity contribution >= 4 is 16.6 Å². The summed E-state index contributed by atoms with van der Waals surface area (Å²) in [6, 6.07) is 0. The van der Waals surface area contributed by atoms with Crippen molar-refractivity contribution in [1.82, 2.24) is 0 Å². The second kappa shape index (κ2) is 8.82. The zero-order valence-electron chi connectivity index (χ0n) is 19.3. The lowest BCUT2D eigenvalue weighted by Crippen LogP contribution is -2.46. The van der Waals surface area contributed by atoms with Crippen molar-refractivity contribution in [3.8, 4) is 0 Å². The van der Waals surface area contributed by atoms with Crippen LogP contribution in [0.2, 0.25) is 37.8 Å². The first-order valence-electron chi connectivity index (χ1n) is 10.4. The molecule has 0 radical (unpaired) electrons. The summed E-state index contributed by atoms with van der Waals surface area (Å²) < 4.78 is 19.5. The Kier molecular flexibility index (Phi) is 8.07. The summed E-state index contributed by atoms with van der Waals surface area (Å²) in [5.41, 5.74) is 1.31. The number of hydrogen-bond donors (Lipinski definition) is 0. The number of hydrogen-bond acceptors (Lipinski definition) is 3. The molecule has 3 nitrogen and oxygen atoms in total. The zero-order valence-corrected chi connectivity index (χ0v) is 21.3. The molecule has 0 aliphatic heterocycles. The summed E-state index contributed by atoms with van der Waals surface area (Å²) in [7, 11) is -3.62. The van der Waals surface area contributed by atoms with Crippen molar-refractivity contribution in [3.05, 3.63) is 11.5 Å². The smallest absolute Gasteiger partial charge is 0.267 e. The molecule has 1 saturated carbocycles. The maximum absolute atomic E-state index is 6.91. The van der Waals surface area contributed by atoms with Crippen molar-refractivity contribution in [2.24, 2.45) is 11.8 Å². The van der Waals surface area contributed by atoms with Gasteiger partial charge in [0.1, 0.15) is 0 Å². The summed E-state index contributed by atoms with van der Waals surface area (Å²) >= 11 is 0. The third-order valence-corrected chi connectivity index (χ3v) is 11.0. The Morgan fingerprint density at radius 2 is 1.65 bits per heavy atom. The predicted octanol–water partition coefficient (Wildman–Crippen LogP) is 6.93. The van der Waals surface area contributed by atoms with E-state index in [1.165, 1.54) is 18.4 Å². The van der Waals surface area contributed by atoms with Gasteiger partial charge in [0.15, 0.2) is 8.32 Å². The SMILES string of the molecule is CCO/C(O[Si](C)(C)C)=C1/[C@@H](O[Si](C)(C)C(C)(C)C)CCC[C@@H]1C(C)C. The molecule has 5 heteroatoms. The molecule has 0 spiro atoms. The molecule has 0 bridgehead atoms. The molecular weight excluding hydrogens is 356 g/mol. The fraction of sp³-hybridized carbons (Fsp3) is 0.905. The fourth-order valence-corrected chi connectivity index (χ4v) is 5.33. The van der Waals surface area contributed by atoms with E-state index in [1.807, 2.05) is 6.92 Å². The van der Waals surface area contributed by atoms with E-state index in [0.717, 1.165) is 12.4 Å². The topological polar surface area (TPSA) is 27.7 Å². The average molecular weight is 401 g/mol. The van der Waals surface area contributed by atoms with E-state index in [0.29, 0.717) is 18.4 Å². The molecule has 1 aliphatic carbocycles. The summed E-state index contributed by atoms with van der Waals surface area (Å²) in [5.74, 6) is 1.83. The minimum atomic E-state index is -1.86. The minimum Gasteiger partial charge on any atom is -0.520 e. The maximum Gasteiger partial charge on any atom is 0.267 e. The van der Waals surface area contributed by atoms with Gasteiger partial charge in [-0.15, -0.1) is 0 Å². The van der Waals surface area contributed by atoms with Crippen LogP contribution in [0.5, 0.6) is 0 Å². The lowest BCUT2D eigenvalue weighted by molar-refractivity contribution is 0.0750. The Hall–Kier alpha value is -0.266. The van der Waals surface area contributed by atoms with E-state index < -0.39 is 16.6 Å². The van der Waals surface area contributed by atoms with E-state index in [9.17, 15) is 0 Å². The van der Waals surface area contributed by atoms with Gasteiger partial charge in [-0.25, -0.2) is 0 Å². The Labute approximate surface area is 165 Å². The quantitative estimate of drug-likeness (QED) is 0.342. The molecule has 0 aromatic rings. The highest BCUT2D eigenvalue weighted by Gasteiger charge is 2.43. The van der Waals surface area contributed by atoms with Crippen LogP contribution in [0.1, 0.15) is 60.8 Å². The highest BCUT2D eigenvalue weighted by atomic mass is 28.4. The molecule has 0 unspecified atom stereocenters. The van der Waals surface area contributed by atoms with Crippen LogP contribution < -0.4 is 0 Å². The molecule has 26 heavy (non-hydrogen) atoms. The largest absolute Gasteiger partial charge is 0.520 e. The lowest BCUT2D eigenvalue weighted by Gasteiger charge is -2.44. The third kappa shape index (κ3) is 6.41. The molecule has 2 atom stereocenters. The fourth-order valence-electron chi connectivity index (χ4n) is 3.28. The summed E-state index contributed by atoms with van der Waals surface area (Å²) in [6.07, 6.45) is 3.64. The van der Waals surface area contributed by atoms with Gasteiger partial charge in [-0.05, 0) is 75.8 Å². The standard InChI is InChI=1S/C21H44O3Si2/c1-12-22-20(24-25(7,8)9)19-17(16(2)3)14-13-15-18(19)23-26(10,11)21(4,5)6/h16-18H,12-15H2,1-11H3/b20-19-/t17-,18+/m1/s1. The normalized spacial score (nSPS) is 24.6. The van der Waals surface area contributed by atoms with Crippen LogP contribution >= 0.6 is 0 Å². The van der Waals surface area contributed by atoms with Crippen molar-refractivity contribution < 1.29 is 13.6 Å². The summed E-state index contributed by atoms with van der Waals surface area (Å²) in [6.45, 7) is 25.6. The van der Waals surface area contributed by atoms with Gasteiger partial charge in [-0.2, -0.15) is 0 Å². The summed E-state index contributed by atoms with van der Waals surface area (Å²) in [5, 5.41) is 0.203. The van der Waals surface area contributed by atoms with Crippen molar-refractivity contribution in [1.29, 1.82) is 0 Å². The summed E-state index contributed by atoms with van der Waals surface area (Å²) in [4.78, 5) is 0. The maximum atomic E-state index is 6.91. The van der Waals surface area contributed by atoms with Gasteiger partial charge in [0.2, 0.25) is 8.32 Å². The van der Waals surface area contributed by atoms with Crippen molar-refractivity contribution in [2.45, 2.75) is 105 Å². The van der Waals surface area contributed by atoms with Crippen LogP contribution in [0.15, 0.2) is 11.5 Å². The van der Waals surface area contributed by atoms with Gasteiger partial charge >= 0.3 is 0 Å². The first-order chi connectivity index (χ1) is 11.7. The molecule has 0 aromatic heterocycles. The van der Waals surface area contributed by atoms with Gasteiger partial charge in [-0.3, -0.25) is 0 Å². The second-order valence-corrected chi connectivity index (χ2v) is 19.7. The Bertz CT molecular complexity index is 484. The van der Waals surface area contributed by atoms with Crippen molar-refractivity contribution in [2.75, 3.05) is 6.61 Å². The van der Waals surface area contributed by atoms with Crippen LogP contribution in [-0.2, 0) is 13.6 Å². The predicted molar refractivity (Wildman–Crippen MR) is 117 cm³/mol. The van der Waals surface area contributed by atoms with E-state index in [-0.39, 0.29) is 11.1 Å². The van der Waals surface area contributed by atoms with Gasteiger partial charge in [0.05, 0.1) is 12.7 Å². The lowest BCUT2D eigenvalue weighted by atomic mass is 9.76. The average Bonchev–Trinajstić information content (AvgIpc) is 2.43. The number of rotatable bonds is 7. The molecule has 154 valence electrons. The number of ether oxygens (including phenoxy) is 1. The van der Waals surface area contributed by atoms with Crippen LogP contribution in [0.25, 0.3) is 0 Å². The third-order valence-electron chi connectivity index (χ3n) is 5.69. The molecule has 0 aromatic carbocycles. The molecular formula is C21H44O3Si2. The first-order valence-corrected chi connectivity index (χ1v) is 16.7. The Balaban J connectivity index is 3.38. The van der Waals surface area contributed by atoms with E-state index in [2.05, 4.69) is 67.4 Å². The molecule has 0 saturated heterocycles. The van der Waals surface area contributed by atoms with Gasteiger partial charge < -0.3 is 13.6 Å². The molecule has 0 amide bonds. The van der Waals surface area contributed by atoms with E-state index >= 15 is 0 Å². The zero-order chi connectivity index (χ0) is 20.3. The van der Waals surface area contributed by atoms with E-state index in [1.54, 1.807) is 0 Å². The molecule has 0 N–H and O–H groups in total.